The minimum absolute atomic E-state index is 0.0912. The van der Waals surface area contributed by atoms with Crippen LogP contribution in [0.15, 0.2) is 33.5 Å². The molecule has 1 aromatic carbocycles. The van der Waals surface area contributed by atoms with Crippen molar-refractivity contribution in [3.8, 4) is 11.5 Å². The zero-order chi connectivity index (χ0) is 14.1. The van der Waals surface area contributed by atoms with Crippen LogP contribution in [0.5, 0.6) is 11.5 Å². The molecule has 1 aliphatic rings. The Bertz CT molecular complexity index is 629. The third kappa shape index (κ3) is 2.41. The smallest absolute Gasteiger partial charge is 0.174 e. The van der Waals surface area contributed by atoms with Crippen molar-refractivity contribution in [3.05, 3.63) is 45.3 Å². The molecular formula is C14H13BrClNO3. The number of halogens is 2. The van der Waals surface area contributed by atoms with E-state index in [2.05, 4.69) is 21.2 Å². The largest absolute Gasteiger partial charge is 0.486 e. The number of ether oxygens (including phenoxy) is 2. The molecule has 4 nitrogen and oxygen atoms in total. The summed E-state index contributed by atoms with van der Waals surface area (Å²) in [6, 6.07) is 5.52. The molecule has 0 aliphatic carbocycles. The molecule has 0 radical (unpaired) electrons. The van der Waals surface area contributed by atoms with Crippen LogP contribution in [0, 0.1) is 0 Å². The van der Waals surface area contributed by atoms with E-state index in [1.165, 1.54) is 0 Å². The van der Waals surface area contributed by atoms with Crippen molar-refractivity contribution in [2.24, 2.45) is 0 Å². The highest BCUT2D eigenvalue weighted by Crippen LogP contribution is 2.40. The van der Waals surface area contributed by atoms with Crippen molar-refractivity contribution in [1.29, 1.82) is 0 Å². The van der Waals surface area contributed by atoms with Gasteiger partial charge in [0.25, 0.3) is 0 Å². The molecule has 106 valence electrons. The average Bonchev–Trinajstić information content (AvgIpc) is 2.87. The molecule has 3 rings (SSSR count). The van der Waals surface area contributed by atoms with Gasteiger partial charge < -0.3 is 19.2 Å². The van der Waals surface area contributed by atoms with Gasteiger partial charge in [-0.15, -0.1) is 0 Å². The molecule has 1 unspecified atom stereocenters. The van der Waals surface area contributed by atoms with Gasteiger partial charge in [0.15, 0.2) is 16.2 Å². The van der Waals surface area contributed by atoms with Crippen LogP contribution < -0.4 is 14.8 Å². The first-order valence-electron chi connectivity index (χ1n) is 6.20. The van der Waals surface area contributed by atoms with Gasteiger partial charge in [0.2, 0.25) is 0 Å². The van der Waals surface area contributed by atoms with E-state index in [0.29, 0.717) is 28.7 Å². The van der Waals surface area contributed by atoms with Crippen LogP contribution in [-0.2, 0) is 0 Å². The number of hydrogen-bond donors (Lipinski definition) is 1. The number of benzene rings is 1. The highest BCUT2D eigenvalue weighted by molar-refractivity contribution is 9.10. The van der Waals surface area contributed by atoms with Gasteiger partial charge in [0.1, 0.15) is 13.2 Å². The van der Waals surface area contributed by atoms with Crippen LogP contribution in [-0.4, -0.2) is 20.3 Å². The lowest BCUT2D eigenvalue weighted by Crippen LogP contribution is -2.20. The minimum Gasteiger partial charge on any atom is -0.486 e. The molecule has 2 aromatic rings. The normalized spacial score (nSPS) is 15.2. The standard InChI is InChI=1S/C14H13BrClNO3/c1-17-13(8-2-3-20-14(8)15)9-6-11-12(7-10(9)16)19-5-4-18-11/h2-3,6-7,13,17H,4-5H2,1H3. The molecule has 0 saturated heterocycles. The lowest BCUT2D eigenvalue weighted by atomic mass is 10.0. The molecule has 1 aromatic heterocycles. The summed E-state index contributed by atoms with van der Waals surface area (Å²) in [5.74, 6) is 1.40. The van der Waals surface area contributed by atoms with Gasteiger partial charge in [-0.05, 0) is 40.7 Å². The zero-order valence-electron chi connectivity index (χ0n) is 10.8. The SMILES string of the molecule is CNC(c1cc2c(cc1Cl)OCCO2)c1ccoc1Br. The fourth-order valence-electron chi connectivity index (χ4n) is 2.29. The van der Waals surface area contributed by atoms with E-state index in [1.54, 1.807) is 12.3 Å². The Hall–Kier alpha value is -1.17. The maximum atomic E-state index is 6.38. The quantitative estimate of drug-likeness (QED) is 0.907. The number of rotatable bonds is 3. The second-order valence-electron chi connectivity index (χ2n) is 4.39. The maximum absolute atomic E-state index is 6.38. The van der Waals surface area contributed by atoms with Crippen LogP contribution in [0.2, 0.25) is 5.02 Å². The fourth-order valence-corrected chi connectivity index (χ4v) is 3.02. The van der Waals surface area contributed by atoms with Gasteiger partial charge in [-0.3, -0.25) is 0 Å². The topological polar surface area (TPSA) is 43.6 Å². The summed E-state index contributed by atoms with van der Waals surface area (Å²) in [5.41, 5.74) is 1.89. The molecule has 2 heterocycles. The van der Waals surface area contributed by atoms with E-state index in [-0.39, 0.29) is 6.04 Å². The number of furan rings is 1. The molecule has 0 fully saturated rings. The Labute approximate surface area is 130 Å². The molecule has 0 amide bonds. The van der Waals surface area contributed by atoms with Gasteiger partial charge in [0, 0.05) is 16.7 Å². The predicted molar refractivity (Wildman–Crippen MR) is 79.8 cm³/mol. The van der Waals surface area contributed by atoms with Crippen molar-refractivity contribution in [3.63, 3.8) is 0 Å². The Balaban J connectivity index is 2.06. The van der Waals surface area contributed by atoms with E-state index in [4.69, 9.17) is 25.5 Å². The molecule has 0 saturated carbocycles. The van der Waals surface area contributed by atoms with Crippen LogP contribution in [0.1, 0.15) is 17.2 Å². The first-order valence-corrected chi connectivity index (χ1v) is 7.37. The van der Waals surface area contributed by atoms with Crippen molar-refractivity contribution >= 4 is 27.5 Å². The summed E-state index contributed by atoms with van der Waals surface area (Å²) in [4.78, 5) is 0. The Morgan fingerprint density at radius 3 is 2.50 bits per heavy atom. The second-order valence-corrected chi connectivity index (χ2v) is 5.52. The highest BCUT2D eigenvalue weighted by Gasteiger charge is 2.23. The van der Waals surface area contributed by atoms with Crippen molar-refractivity contribution < 1.29 is 13.9 Å². The van der Waals surface area contributed by atoms with E-state index in [9.17, 15) is 0 Å². The molecule has 6 heteroatoms. The predicted octanol–water partition coefficient (Wildman–Crippen LogP) is 3.78. The van der Waals surface area contributed by atoms with Gasteiger partial charge in [-0.1, -0.05) is 11.6 Å². The number of hydrogen-bond acceptors (Lipinski definition) is 4. The summed E-state index contributed by atoms with van der Waals surface area (Å²) < 4.78 is 17.1. The van der Waals surface area contributed by atoms with Gasteiger partial charge in [-0.25, -0.2) is 0 Å². The van der Waals surface area contributed by atoms with E-state index < -0.39 is 0 Å². The van der Waals surface area contributed by atoms with Gasteiger partial charge in [0.05, 0.1) is 12.3 Å². The molecule has 1 aliphatic heterocycles. The molecule has 1 N–H and O–H groups in total. The van der Waals surface area contributed by atoms with Gasteiger partial charge in [-0.2, -0.15) is 0 Å². The minimum atomic E-state index is -0.0912. The Morgan fingerprint density at radius 1 is 1.20 bits per heavy atom. The Morgan fingerprint density at radius 2 is 1.90 bits per heavy atom. The van der Waals surface area contributed by atoms with E-state index in [1.807, 2.05) is 19.2 Å². The summed E-state index contributed by atoms with van der Waals surface area (Å²) in [5, 5.41) is 3.86. The lowest BCUT2D eigenvalue weighted by molar-refractivity contribution is 0.171. The first-order chi connectivity index (χ1) is 9.70. The summed E-state index contributed by atoms with van der Waals surface area (Å²) in [6.07, 6.45) is 1.63. The Kier molecular flexibility index (Phi) is 3.92. The van der Waals surface area contributed by atoms with Crippen molar-refractivity contribution in [2.45, 2.75) is 6.04 Å². The van der Waals surface area contributed by atoms with E-state index in [0.717, 1.165) is 16.9 Å². The number of fused-ring (bicyclic) bond motifs is 1. The third-order valence-corrected chi connectivity index (χ3v) is 4.19. The monoisotopic (exact) mass is 357 g/mol. The molecular weight excluding hydrogens is 346 g/mol. The second kappa shape index (κ2) is 5.68. The van der Waals surface area contributed by atoms with Crippen molar-refractivity contribution in [2.75, 3.05) is 20.3 Å². The van der Waals surface area contributed by atoms with Gasteiger partial charge >= 0.3 is 0 Å². The fraction of sp³-hybridized carbons (Fsp3) is 0.286. The summed E-state index contributed by atoms with van der Waals surface area (Å²) in [7, 11) is 1.87. The van der Waals surface area contributed by atoms with Crippen LogP contribution in [0.25, 0.3) is 0 Å². The van der Waals surface area contributed by atoms with Crippen LogP contribution >= 0.6 is 27.5 Å². The summed E-state index contributed by atoms with van der Waals surface area (Å²) in [6.45, 7) is 1.10. The number of nitrogens with one attached hydrogen (secondary N) is 1. The van der Waals surface area contributed by atoms with E-state index >= 15 is 0 Å². The lowest BCUT2D eigenvalue weighted by Gasteiger charge is -2.23. The molecule has 0 spiro atoms. The first kappa shape index (κ1) is 13.8. The maximum Gasteiger partial charge on any atom is 0.174 e. The van der Waals surface area contributed by atoms with Crippen LogP contribution in [0.4, 0.5) is 0 Å². The highest BCUT2D eigenvalue weighted by atomic mass is 79.9. The zero-order valence-corrected chi connectivity index (χ0v) is 13.1. The molecule has 20 heavy (non-hydrogen) atoms. The average molecular weight is 359 g/mol. The van der Waals surface area contributed by atoms with Crippen LogP contribution in [0.3, 0.4) is 0 Å². The summed E-state index contributed by atoms with van der Waals surface area (Å²) >= 11 is 9.78. The van der Waals surface area contributed by atoms with Crippen molar-refractivity contribution in [1.82, 2.24) is 5.32 Å². The third-order valence-electron chi connectivity index (χ3n) is 3.22. The molecule has 0 bridgehead atoms. The molecule has 1 atom stereocenters.